The third-order valence-electron chi connectivity index (χ3n) is 4.04. The Morgan fingerprint density at radius 3 is 2.23 bits per heavy atom. The number of nitro benzene ring substituents is 1. The Morgan fingerprint density at radius 1 is 1.00 bits per heavy atom. The molecule has 30 heavy (non-hydrogen) atoms. The molecule has 0 saturated carbocycles. The topological polar surface area (TPSA) is 136 Å². The van der Waals surface area contributed by atoms with Gasteiger partial charge in [0.25, 0.3) is 15.7 Å². The number of nitrogens with one attached hydrogen (secondary N) is 1. The number of rotatable bonds is 6. The maximum absolute atomic E-state index is 12.8. The number of anilines is 3. The molecule has 0 saturated heterocycles. The zero-order valence-corrected chi connectivity index (χ0v) is 17.6. The van der Waals surface area contributed by atoms with Gasteiger partial charge in [0.15, 0.2) is 0 Å². The summed E-state index contributed by atoms with van der Waals surface area (Å²) in [5.41, 5.74) is 5.39. The molecule has 2 amide bonds. The molecule has 3 aromatic rings. The van der Waals surface area contributed by atoms with Crippen LogP contribution in [-0.2, 0) is 10.0 Å². The molecule has 3 N–H and O–H groups in total. The summed E-state index contributed by atoms with van der Waals surface area (Å²) in [7, 11) is -4.09. The SMILES string of the molecule is NC(=O)N(c1ccccc1Br)c1ccc([N+](=O)[O-])cc1NS(=O)(=O)c1ccccc1. The zero-order valence-electron chi connectivity index (χ0n) is 15.2. The molecule has 11 heteroatoms. The third-order valence-corrected chi connectivity index (χ3v) is 6.10. The normalized spacial score (nSPS) is 11.0. The van der Waals surface area contributed by atoms with Crippen LogP contribution >= 0.6 is 15.9 Å². The summed E-state index contributed by atoms with van der Waals surface area (Å²) in [5, 5.41) is 11.2. The second-order valence-corrected chi connectivity index (χ2v) is 8.54. The van der Waals surface area contributed by atoms with Crippen molar-refractivity contribution in [2.24, 2.45) is 5.73 Å². The van der Waals surface area contributed by atoms with Crippen LogP contribution in [0.3, 0.4) is 0 Å². The highest BCUT2D eigenvalue weighted by Crippen LogP contribution is 2.38. The second-order valence-electron chi connectivity index (χ2n) is 6.00. The van der Waals surface area contributed by atoms with Gasteiger partial charge in [-0.1, -0.05) is 30.3 Å². The van der Waals surface area contributed by atoms with Crippen molar-refractivity contribution in [2.75, 3.05) is 9.62 Å². The van der Waals surface area contributed by atoms with Crippen molar-refractivity contribution in [2.45, 2.75) is 4.90 Å². The second kappa shape index (κ2) is 8.51. The van der Waals surface area contributed by atoms with Crippen LogP contribution in [0.1, 0.15) is 0 Å². The zero-order chi connectivity index (χ0) is 21.9. The molecule has 0 spiro atoms. The Bertz CT molecular complexity index is 1220. The third kappa shape index (κ3) is 4.42. The summed E-state index contributed by atoms with van der Waals surface area (Å²) in [4.78, 5) is 23.9. The van der Waals surface area contributed by atoms with E-state index in [0.717, 1.165) is 17.0 Å². The van der Waals surface area contributed by atoms with Crippen molar-refractivity contribution in [1.82, 2.24) is 0 Å². The number of non-ortho nitro benzene ring substituents is 1. The molecule has 3 rings (SSSR count). The van der Waals surface area contributed by atoms with E-state index in [4.69, 9.17) is 5.73 Å². The number of nitro groups is 1. The van der Waals surface area contributed by atoms with Crippen molar-refractivity contribution in [3.63, 3.8) is 0 Å². The summed E-state index contributed by atoms with van der Waals surface area (Å²) >= 11 is 3.33. The Labute approximate surface area is 180 Å². The fraction of sp³-hybridized carbons (Fsp3) is 0. The molecule has 0 radical (unpaired) electrons. The molecule has 0 atom stereocenters. The number of sulfonamides is 1. The molecule has 0 bridgehead atoms. The number of urea groups is 1. The maximum atomic E-state index is 12.8. The van der Waals surface area contributed by atoms with Gasteiger partial charge in [-0.2, -0.15) is 0 Å². The molecular formula is C19H15BrN4O5S. The van der Waals surface area contributed by atoms with E-state index in [0.29, 0.717) is 10.2 Å². The first kappa shape index (κ1) is 21.3. The van der Waals surface area contributed by atoms with Crippen LogP contribution in [0.25, 0.3) is 0 Å². The number of carbonyl (C=O) groups is 1. The largest absolute Gasteiger partial charge is 0.351 e. The lowest BCUT2D eigenvalue weighted by atomic mass is 10.2. The fourth-order valence-corrected chi connectivity index (χ4v) is 4.27. The van der Waals surface area contributed by atoms with Crippen LogP contribution in [-0.4, -0.2) is 19.4 Å². The van der Waals surface area contributed by atoms with E-state index < -0.39 is 21.0 Å². The van der Waals surface area contributed by atoms with Gasteiger partial charge >= 0.3 is 6.03 Å². The number of amides is 2. The first-order chi connectivity index (χ1) is 14.2. The number of benzene rings is 3. The van der Waals surface area contributed by atoms with Crippen molar-refractivity contribution in [1.29, 1.82) is 0 Å². The molecular weight excluding hydrogens is 476 g/mol. The van der Waals surface area contributed by atoms with Crippen LogP contribution in [0.5, 0.6) is 0 Å². The number of nitrogens with two attached hydrogens (primary N) is 1. The first-order valence-corrected chi connectivity index (χ1v) is 10.7. The number of hydrogen-bond acceptors (Lipinski definition) is 5. The highest BCUT2D eigenvalue weighted by molar-refractivity contribution is 9.10. The number of carbonyl (C=O) groups excluding carboxylic acids is 1. The minimum Gasteiger partial charge on any atom is -0.351 e. The van der Waals surface area contributed by atoms with Gasteiger partial charge in [-0.05, 0) is 46.3 Å². The van der Waals surface area contributed by atoms with Gasteiger partial charge in [-0.25, -0.2) is 13.2 Å². The van der Waals surface area contributed by atoms with E-state index >= 15 is 0 Å². The summed E-state index contributed by atoms with van der Waals surface area (Å²) in [6.07, 6.45) is 0. The van der Waals surface area contributed by atoms with Gasteiger partial charge in [0.1, 0.15) is 0 Å². The summed E-state index contributed by atoms with van der Waals surface area (Å²) < 4.78 is 28.5. The number of hydrogen-bond donors (Lipinski definition) is 2. The van der Waals surface area contributed by atoms with E-state index in [-0.39, 0.29) is 22.0 Å². The van der Waals surface area contributed by atoms with Gasteiger partial charge in [0, 0.05) is 16.6 Å². The van der Waals surface area contributed by atoms with E-state index in [9.17, 15) is 23.3 Å². The van der Waals surface area contributed by atoms with E-state index in [1.807, 2.05) is 0 Å². The molecule has 0 unspecified atom stereocenters. The smallest absolute Gasteiger partial charge is 0.323 e. The van der Waals surface area contributed by atoms with Crippen LogP contribution in [0.15, 0.2) is 82.2 Å². The molecule has 0 aromatic heterocycles. The summed E-state index contributed by atoms with van der Waals surface area (Å²) in [6, 6.07) is 16.7. The summed E-state index contributed by atoms with van der Waals surface area (Å²) in [5.74, 6) is 0. The molecule has 154 valence electrons. The monoisotopic (exact) mass is 490 g/mol. The van der Waals surface area contributed by atoms with E-state index in [1.54, 1.807) is 42.5 Å². The Hall–Kier alpha value is -3.44. The Morgan fingerprint density at radius 2 is 1.63 bits per heavy atom. The van der Waals surface area contributed by atoms with Crippen LogP contribution in [0.4, 0.5) is 27.5 Å². The van der Waals surface area contributed by atoms with Gasteiger partial charge in [-0.3, -0.25) is 19.7 Å². The number of primary amides is 1. The number of halogens is 1. The fourth-order valence-electron chi connectivity index (χ4n) is 2.72. The predicted molar refractivity (Wildman–Crippen MR) is 116 cm³/mol. The molecule has 0 heterocycles. The van der Waals surface area contributed by atoms with Crippen molar-refractivity contribution in [3.8, 4) is 0 Å². The van der Waals surface area contributed by atoms with E-state index in [2.05, 4.69) is 20.7 Å². The van der Waals surface area contributed by atoms with Gasteiger partial charge in [-0.15, -0.1) is 0 Å². The molecule has 0 aliphatic carbocycles. The van der Waals surface area contributed by atoms with Gasteiger partial charge in [0.05, 0.1) is 26.9 Å². The van der Waals surface area contributed by atoms with Crippen LogP contribution < -0.4 is 15.4 Å². The Balaban J connectivity index is 2.19. The highest BCUT2D eigenvalue weighted by atomic mass is 79.9. The maximum Gasteiger partial charge on any atom is 0.323 e. The van der Waals surface area contributed by atoms with Crippen LogP contribution in [0.2, 0.25) is 0 Å². The highest BCUT2D eigenvalue weighted by Gasteiger charge is 2.25. The van der Waals surface area contributed by atoms with E-state index in [1.165, 1.54) is 18.2 Å². The number of para-hydroxylation sites is 1. The standard InChI is InChI=1S/C19H15BrN4O5S/c20-15-8-4-5-9-17(15)23(19(21)25)18-11-10-13(24(26)27)12-16(18)22-30(28,29)14-6-2-1-3-7-14/h1-12,22H,(H2,21,25). The molecule has 0 aliphatic rings. The van der Waals surface area contributed by atoms with Crippen molar-refractivity contribution in [3.05, 3.63) is 87.4 Å². The molecule has 0 fully saturated rings. The average Bonchev–Trinajstić information content (AvgIpc) is 2.70. The lowest BCUT2D eigenvalue weighted by molar-refractivity contribution is -0.384. The molecule has 3 aromatic carbocycles. The average molecular weight is 491 g/mol. The minimum atomic E-state index is -4.09. The molecule has 0 aliphatic heterocycles. The predicted octanol–water partition coefficient (Wildman–Crippen LogP) is 4.37. The van der Waals surface area contributed by atoms with Gasteiger partial charge < -0.3 is 5.73 Å². The number of nitrogens with zero attached hydrogens (tertiary/aromatic N) is 2. The molecule has 9 nitrogen and oxygen atoms in total. The van der Waals surface area contributed by atoms with Crippen LogP contribution in [0, 0.1) is 10.1 Å². The Kier molecular flexibility index (Phi) is 6.04. The quantitative estimate of drug-likeness (QED) is 0.390. The lowest BCUT2D eigenvalue weighted by Crippen LogP contribution is -2.32. The first-order valence-electron chi connectivity index (χ1n) is 8.41. The van der Waals surface area contributed by atoms with Gasteiger partial charge in [0.2, 0.25) is 0 Å². The van der Waals surface area contributed by atoms with Crippen molar-refractivity contribution < 1.29 is 18.1 Å². The lowest BCUT2D eigenvalue weighted by Gasteiger charge is -2.24. The minimum absolute atomic E-state index is 0.0273. The van der Waals surface area contributed by atoms with Crippen molar-refractivity contribution >= 4 is 54.7 Å². The summed E-state index contributed by atoms with van der Waals surface area (Å²) in [6.45, 7) is 0.